The molecule has 2 nitrogen and oxygen atoms in total. The molecule has 5 heteroatoms. The van der Waals surface area contributed by atoms with Gasteiger partial charge in [-0.25, -0.2) is 4.79 Å². The maximum Gasteiger partial charge on any atom is 2.00 e. The first-order valence-electron chi connectivity index (χ1n) is 9.60. The molecule has 0 amide bonds. The Morgan fingerprint density at radius 3 is 1.84 bits per heavy atom. The number of allylic oxidation sites excluding steroid dienone is 1. The van der Waals surface area contributed by atoms with Gasteiger partial charge in [0.05, 0.1) is 0 Å². The molecular weight excluding hydrogens is 364 g/mol. The van der Waals surface area contributed by atoms with Crippen LogP contribution in [0.2, 0.25) is 0 Å². The van der Waals surface area contributed by atoms with Gasteiger partial charge in [0.15, 0.2) is 0 Å². The Morgan fingerprint density at radius 2 is 1.40 bits per heavy atom. The van der Waals surface area contributed by atoms with E-state index >= 15 is 0 Å². The monoisotopic (exact) mass is 406 g/mol. The standard InChI is InChI=1S/C20H40O2Si.K.Mg.3H/c1-16(2)9-6-10-17(3)11-7-12-18(4)13-8-14-19(5)15-20(21)22-23;;;;;/h15-18H,6-14H2,1-5,23H3;;;;;/q;+1;+2;3*-1/b19-15+;;;;;/t17-,18-;;;;;/m1...../s1. The maximum atomic E-state index is 11.2. The van der Waals surface area contributed by atoms with Crippen LogP contribution in [-0.4, -0.2) is 39.5 Å². The van der Waals surface area contributed by atoms with Crippen LogP contribution >= 0.6 is 0 Å². The number of hydrogen-bond acceptors (Lipinski definition) is 2. The zero-order valence-corrected chi connectivity index (χ0v) is 24.7. The van der Waals surface area contributed by atoms with E-state index in [1.54, 1.807) is 6.08 Å². The van der Waals surface area contributed by atoms with Crippen molar-refractivity contribution in [2.45, 2.75) is 92.4 Å². The molecule has 0 aliphatic heterocycles. The third kappa shape index (κ3) is 22.0. The van der Waals surface area contributed by atoms with Gasteiger partial charge in [0.25, 0.3) is 0 Å². The van der Waals surface area contributed by atoms with Crippen molar-refractivity contribution in [2.75, 3.05) is 0 Å². The van der Waals surface area contributed by atoms with Crippen LogP contribution in [0.15, 0.2) is 11.6 Å². The fourth-order valence-corrected chi connectivity index (χ4v) is 3.16. The molecule has 0 N–H and O–H groups in total. The van der Waals surface area contributed by atoms with Crippen LogP contribution in [0, 0.1) is 17.8 Å². The minimum Gasteiger partial charge on any atom is -1.00 e. The van der Waals surface area contributed by atoms with Crippen molar-refractivity contribution in [3.8, 4) is 0 Å². The summed E-state index contributed by atoms with van der Waals surface area (Å²) in [5.41, 5.74) is 1.15. The van der Waals surface area contributed by atoms with E-state index in [-0.39, 0.29) is 84.7 Å². The smallest absolute Gasteiger partial charge is 1.00 e. The minimum atomic E-state index is -0.173. The van der Waals surface area contributed by atoms with Gasteiger partial charge in [-0.05, 0) is 37.5 Å². The van der Waals surface area contributed by atoms with Gasteiger partial charge in [0.2, 0.25) is 10.5 Å². The van der Waals surface area contributed by atoms with E-state index in [4.69, 9.17) is 4.43 Å². The van der Waals surface area contributed by atoms with Gasteiger partial charge in [-0.3, -0.25) is 0 Å². The fourth-order valence-electron chi connectivity index (χ4n) is 3.04. The molecule has 0 bridgehead atoms. The molecule has 0 saturated carbocycles. The average Bonchev–Trinajstić information content (AvgIpc) is 2.46. The van der Waals surface area contributed by atoms with E-state index in [9.17, 15) is 4.79 Å². The number of hydrogen-bond donors (Lipinski definition) is 0. The second-order valence-electron chi connectivity index (χ2n) is 7.87. The Kier molecular flexibility index (Phi) is 25.9. The summed E-state index contributed by atoms with van der Waals surface area (Å²) in [5, 5.41) is 0. The third-order valence-corrected chi connectivity index (χ3v) is 5.11. The van der Waals surface area contributed by atoms with E-state index in [2.05, 4.69) is 27.7 Å². The van der Waals surface area contributed by atoms with Crippen molar-refractivity contribution < 1.29 is 64.9 Å². The molecule has 0 aromatic carbocycles. The second kappa shape index (κ2) is 20.6. The quantitative estimate of drug-likeness (QED) is 0.346. The van der Waals surface area contributed by atoms with Crippen molar-refractivity contribution in [3.05, 3.63) is 11.6 Å². The molecule has 0 spiro atoms. The van der Waals surface area contributed by atoms with Crippen LogP contribution in [0.4, 0.5) is 0 Å². The van der Waals surface area contributed by atoms with Gasteiger partial charge in [0.1, 0.15) is 0 Å². The predicted molar refractivity (Wildman–Crippen MR) is 114 cm³/mol. The van der Waals surface area contributed by atoms with E-state index in [0.717, 1.165) is 29.7 Å². The molecular formula is C20H43KMgO2Si. The van der Waals surface area contributed by atoms with E-state index < -0.39 is 0 Å². The molecule has 2 atom stereocenters. The first kappa shape index (κ1) is 31.5. The van der Waals surface area contributed by atoms with Crippen LogP contribution in [0.1, 0.15) is 96.7 Å². The Labute approximate surface area is 223 Å². The largest absolute Gasteiger partial charge is 2.00 e. The molecule has 25 heavy (non-hydrogen) atoms. The predicted octanol–water partition coefficient (Wildman–Crippen LogP) is 2.16. The van der Waals surface area contributed by atoms with Crippen molar-refractivity contribution in [1.29, 1.82) is 0 Å². The van der Waals surface area contributed by atoms with Crippen molar-refractivity contribution in [2.24, 2.45) is 17.8 Å². The van der Waals surface area contributed by atoms with E-state index in [1.807, 2.05) is 6.92 Å². The third-order valence-electron chi connectivity index (χ3n) is 4.71. The SMILES string of the molecule is C/C(=C\C(=O)O[SiH3])CCC[C@H](C)CCC[C@H](C)CCCC(C)C.[H-].[H-].[H-].[K+].[Mg+2]. The minimum absolute atomic E-state index is 0. The Bertz CT molecular complexity index is 362. The first-order valence-corrected chi connectivity index (χ1v) is 10.4. The molecule has 0 radical (unpaired) electrons. The summed E-state index contributed by atoms with van der Waals surface area (Å²) in [6.07, 6.45) is 13.4. The maximum absolute atomic E-state index is 11.2. The van der Waals surface area contributed by atoms with Crippen LogP contribution in [-0.2, 0) is 9.22 Å². The molecule has 0 unspecified atom stereocenters. The molecule has 0 saturated heterocycles. The molecule has 142 valence electrons. The second-order valence-corrected chi connectivity index (χ2v) is 8.28. The fraction of sp³-hybridized carbons (Fsp3) is 0.850. The number of rotatable bonds is 13. The zero-order valence-electron chi connectivity index (χ0n) is 21.2. The summed E-state index contributed by atoms with van der Waals surface area (Å²) in [4.78, 5) is 11.2. The van der Waals surface area contributed by atoms with Crippen molar-refractivity contribution in [3.63, 3.8) is 0 Å². The molecule has 0 aromatic rings. The normalized spacial score (nSPS) is 13.8. The van der Waals surface area contributed by atoms with Crippen molar-refractivity contribution >= 4 is 39.5 Å². The van der Waals surface area contributed by atoms with Gasteiger partial charge in [-0.15, -0.1) is 0 Å². The van der Waals surface area contributed by atoms with Gasteiger partial charge in [0, 0.05) is 6.08 Å². The summed E-state index contributed by atoms with van der Waals surface area (Å²) in [5.74, 6) is 2.36. The van der Waals surface area contributed by atoms with Crippen LogP contribution in [0.5, 0.6) is 0 Å². The van der Waals surface area contributed by atoms with Crippen LogP contribution in [0.25, 0.3) is 0 Å². The Morgan fingerprint density at radius 1 is 0.960 bits per heavy atom. The molecule has 0 fully saturated rings. The van der Waals surface area contributed by atoms with Gasteiger partial charge >= 0.3 is 80.4 Å². The first-order chi connectivity index (χ1) is 10.8. The molecule has 0 aliphatic carbocycles. The summed E-state index contributed by atoms with van der Waals surface area (Å²) < 4.78 is 4.79. The van der Waals surface area contributed by atoms with Gasteiger partial charge in [-0.1, -0.05) is 78.2 Å². The van der Waals surface area contributed by atoms with E-state index in [1.165, 1.54) is 51.4 Å². The Balaban J connectivity index is -0.000000242. The van der Waals surface area contributed by atoms with Crippen molar-refractivity contribution in [1.82, 2.24) is 0 Å². The van der Waals surface area contributed by atoms with Crippen LogP contribution in [0.3, 0.4) is 0 Å². The van der Waals surface area contributed by atoms with Gasteiger partial charge < -0.3 is 8.71 Å². The Hall–Kier alpha value is 1.83. The van der Waals surface area contributed by atoms with Crippen LogP contribution < -0.4 is 51.4 Å². The zero-order chi connectivity index (χ0) is 17.7. The topological polar surface area (TPSA) is 26.3 Å². The summed E-state index contributed by atoms with van der Waals surface area (Å²) in [7, 11) is 0.485. The summed E-state index contributed by atoms with van der Waals surface area (Å²) >= 11 is 0. The molecule has 0 heterocycles. The van der Waals surface area contributed by atoms with E-state index in [0.29, 0.717) is 10.5 Å². The summed E-state index contributed by atoms with van der Waals surface area (Å²) in [6, 6.07) is 0. The molecule has 0 aromatic heterocycles. The number of carbonyl (C=O) groups is 1. The number of carbonyl (C=O) groups excluding carboxylic acids is 1. The van der Waals surface area contributed by atoms with Gasteiger partial charge in [-0.2, -0.15) is 0 Å². The summed E-state index contributed by atoms with van der Waals surface area (Å²) in [6.45, 7) is 11.4. The molecule has 0 rings (SSSR count). The molecule has 0 aliphatic rings. The average molecular weight is 407 g/mol.